The number of Topliss-reactive ketones (excluding diaryl/α,β-unsaturated/α-hetero) is 1. The number of ketones is 1. The van der Waals surface area contributed by atoms with Gasteiger partial charge in [-0.1, -0.05) is 6.92 Å². The molecule has 0 spiro atoms. The molecule has 0 aromatic rings. The Hall–Kier alpha value is -0.150. The van der Waals surface area contributed by atoms with E-state index >= 15 is 0 Å². The third kappa shape index (κ3) is 4.24. The van der Waals surface area contributed by atoms with Crippen LogP contribution in [0.15, 0.2) is 0 Å². The molecule has 4 fully saturated rings. The Morgan fingerprint density at radius 3 is 2.50 bits per heavy atom. The fourth-order valence-electron chi connectivity index (χ4n) is 8.12. The summed E-state index contributed by atoms with van der Waals surface area (Å²) in [5, 5.41) is 10.9. The maximum Gasteiger partial charge on any atom is 0.320 e. The van der Waals surface area contributed by atoms with E-state index in [0.29, 0.717) is 47.0 Å². The lowest BCUT2D eigenvalue weighted by Gasteiger charge is -2.57. The van der Waals surface area contributed by atoms with Gasteiger partial charge in [-0.2, -0.15) is 8.42 Å². The number of carbonyl (C=O) groups excluding carboxylic acids is 1. The summed E-state index contributed by atoms with van der Waals surface area (Å²) in [6, 6.07) is 0. The Balaban J connectivity index is 1.45. The highest BCUT2D eigenvalue weighted by Gasteiger charge is 2.59. The van der Waals surface area contributed by atoms with E-state index in [1.807, 2.05) is 0 Å². The van der Waals surface area contributed by atoms with E-state index in [4.69, 9.17) is 9.29 Å². The third-order valence-corrected chi connectivity index (χ3v) is 11.2. The first-order chi connectivity index (χ1) is 14.1. The lowest BCUT2D eigenvalue weighted by atomic mass is 9.49. The summed E-state index contributed by atoms with van der Waals surface area (Å²) < 4.78 is 36.4. The van der Waals surface area contributed by atoms with Crippen LogP contribution in [0.2, 0.25) is 0 Å². The fraction of sp³-hybridized carbons (Fsp3) is 0.955. The molecule has 6 nitrogen and oxygen atoms in total. The largest absolute Gasteiger partial charge is 0.387 e. The van der Waals surface area contributed by atoms with Gasteiger partial charge in [-0.3, -0.25) is 9.35 Å². The van der Waals surface area contributed by atoms with Crippen molar-refractivity contribution in [1.82, 2.24) is 0 Å². The topological polar surface area (TPSA) is 101 Å². The van der Waals surface area contributed by atoms with Crippen LogP contribution in [-0.4, -0.2) is 48.9 Å². The minimum atomic E-state index is -4.18. The number of aliphatic hydroxyl groups is 1. The zero-order valence-corrected chi connectivity index (χ0v) is 19.7. The number of methoxy groups -OCH3 is 1. The first-order valence-electron chi connectivity index (χ1n) is 11.4. The predicted molar refractivity (Wildman–Crippen MR) is 116 cm³/mol. The Labute approximate surface area is 184 Å². The van der Waals surface area contributed by atoms with Gasteiger partial charge in [-0.15, -0.1) is 0 Å². The average Bonchev–Trinajstić information content (AvgIpc) is 3.02. The first-order valence-corrected chi connectivity index (χ1v) is 14.4. The molecule has 172 valence electrons. The molecule has 4 aliphatic rings. The number of fused-ring (bicyclic) bond motifs is 5. The average molecular weight is 461 g/mol. The van der Waals surface area contributed by atoms with Crippen molar-refractivity contribution in [1.29, 1.82) is 0 Å². The van der Waals surface area contributed by atoms with Crippen molar-refractivity contribution in [3.63, 3.8) is 0 Å². The molecule has 4 rings (SSSR count). The molecule has 0 aromatic heterocycles. The SMILES string of the molecule is COC[C@]1(O)CC[C@H]2[C@@H](CC[C@@H]3[C@@H]2CC[C@]2(C)[C@@H](C(=O)CSS(=O)(=O)O)CC[C@@H]32)C1. The van der Waals surface area contributed by atoms with E-state index < -0.39 is 14.8 Å². The maximum absolute atomic E-state index is 12.8. The normalized spacial score (nSPS) is 46.0. The Morgan fingerprint density at radius 1 is 1.07 bits per heavy atom. The van der Waals surface area contributed by atoms with E-state index in [2.05, 4.69) is 6.92 Å². The molecular weight excluding hydrogens is 424 g/mol. The van der Waals surface area contributed by atoms with Crippen molar-refractivity contribution in [2.24, 2.45) is 40.9 Å². The van der Waals surface area contributed by atoms with Gasteiger partial charge in [0.25, 0.3) is 0 Å². The molecule has 0 radical (unpaired) electrons. The summed E-state index contributed by atoms with van der Waals surface area (Å²) in [7, 11) is -2.16. The summed E-state index contributed by atoms with van der Waals surface area (Å²) in [6.45, 7) is 2.68. The van der Waals surface area contributed by atoms with Gasteiger partial charge in [0.1, 0.15) is 5.78 Å². The summed E-state index contributed by atoms with van der Waals surface area (Å²) in [5.41, 5.74) is -0.710. The van der Waals surface area contributed by atoms with Gasteiger partial charge in [0, 0.05) is 23.8 Å². The molecule has 2 N–H and O–H groups in total. The van der Waals surface area contributed by atoms with Crippen LogP contribution in [0.4, 0.5) is 0 Å². The maximum atomic E-state index is 12.8. The molecule has 0 saturated heterocycles. The first kappa shape index (κ1) is 23.0. The number of hydrogen-bond acceptors (Lipinski definition) is 6. The molecule has 4 aliphatic carbocycles. The van der Waals surface area contributed by atoms with Crippen molar-refractivity contribution in [2.75, 3.05) is 19.5 Å². The molecule has 0 amide bonds. The van der Waals surface area contributed by atoms with Gasteiger partial charge in [0.15, 0.2) is 0 Å². The van der Waals surface area contributed by atoms with E-state index in [0.717, 1.165) is 51.4 Å². The summed E-state index contributed by atoms with van der Waals surface area (Å²) in [5.74, 6) is 2.86. The molecule has 0 unspecified atom stereocenters. The second-order valence-electron chi connectivity index (χ2n) is 10.7. The van der Waals surface area contributed by atoms with Crippen molar-refractivity contribution in [2.45, 2.75) is 70.3 Å². The quantitative estimate of drug-likeness (QED) is 0.460. The molecule has 0 aromatic carbocycles. The minimum absolute atomic E-state index is 0.0166. The van der Waals surface area contributed by atoms with Crippen LogP contribution < -0.4 is 0 Å². The van der Waals surface area contributed by atoms with Gasteiger partial charge < -0.3 is 9.84 Å². The van der Waals surface area contributed by atoms with Crippen molar-refractivity contribution in [3.05, 3.63) is 0 Å². The van der Waals surface area contributed by atoms with Crippen LogP contribution >= 0.6 is 10.8 Å². The Morgan fingerprint density at radius 2 is 1.80 bits per heavy atom. The molecular formula is C22H36O6S2. The van der Waals surface area contributed by atoms with Gasteiger partial charge in [0.2, 0.25) is 0 Å². The number of hydrogen-bond donors (Lipinski definition) is 2. The highest BCUT2D eigenvalue weighted by atomic mass is 33.1. The molecule has 30 heavy (non-hydrogen) atoms. The van der Waals surface area contributed by atoms with E-state index in [1.54, 1.807) is 7.11 Å². The van der Waals surface area contributed by atoms with Gasteiger partial charge in [-0.25, -0.2) is 0 Å². The van der Waals surface area contributed by atoms with Crippen LogP contribution in [0, 0.1) is 40.9 Å². The lowest BCUT2D eigenvalue weighted by molar-refractivity contribution is -0.134. The number of rotatable bonds is 6. The molecule has 4 saturated carbocycles. The van der Waals surface area contributed by atoms with Gasteiger partial charge in [0.05, 0.1) is 18.0 Å². The summed E-state index contributed by atoms with van der Waals surface area (Å²) >= 11 is 0. The van der Waals surface area contributed by atoms with Crippen LogP contribution in [0.1, 0.15) is 64.7 Å². The zero-order valence-electron chi connectivity index (χ0n) is 18.1. The van der Waals surface area contributed by atoms with Crippen LogP contribution in [0.25, 0.3) is 0 Å². The number of ether oxygens (including phenoxy) is 1. The van der Waals surface area contributed by atoms with Gasteiger partial charge in [-0.05, 0) is 92.8 Å². The van der Waals surface area contributed by atoms with Crippen LogP contribution in [-0.2, 0) is 18.7 Å². The van der Waals surface area contributed by atoms with Crippen molar-refractivity contribution < 1.29 is 27.6 Å². The van der Waals surface area contributed by atoms with E-state index in [1.165, 1.54) is 6.42 Å². The molecule has 8 heteroatoms. The van der Waals surface area contributed by atoms with Crippen molar-refractivity contribution in [3.8, 4) is 0 Å². The lowest BCUT2D eigenvalue weighted by Crippen LogP contribution is -2.52. The fourth-order valence-corrected chi connectivity index (χ4v) is 9.39. The molecule has 0 bridgehead atoms. The second kappa shape index (κ2) is 8.32. The molecule has 8 atom stereocenters. The van der Waals surface area contributed by atoms with E-state index in [-0.39, 0.29) is 22.9 Å². The Bertz CT molecular complexity index is 770. The van der Waals surface area contributed by atoms with Crippen molar-refractivity contribution >= 4 is 25.7 Å². The van der Waals surface area contributed by atoms with Crippen LogP contribution in [0.5, 0.6) is 0 Å². The highest BCUT2D eigenvalue weighted by molar-refractivity contribution is 8.70. The summed E-state index contributed by atoms with van der Waals surface area (Å²) in [4.78, 5) is 12.8. The second-order valence-corrected chi connectivity index (χ2v) is 14.0. The molecule has 0 heterocycles. The number of carbonyl (C=O) groups is 1. The predicted octanol–water partition coefficient (Wildman–Crippen LogP) is 3.74. The molecule has 0 aliphatic heterocycles. The smallest absolute Gasteiger partial charge is 0.320 e. The monoisotopic (exact) mass is 460 g/mol. The summed E-state index contributed by atoms with van der Waals surface area (Å²) in [6.07, 6.45) is 9.13. The van der Waals surface area contributed by atoms with Gasteiger partial charge >= 0.3 is 9.15 Å². The highest BCUT2D eigenvalue weighted by Crippen LogP contribution is 2.64. The Kier molecular flexibility index (Phi) is 6.39. The third-order valence-electron chi connectivity index (χ3n) is 9.26. The van der Waals surface area contributed by atoms with Crippen LogP contribution in [0.3, 0.4) is 0 Å². The minimum Gasteiger partial charge on any atom is -0.387 e. The standard InChI is InChI=1S/C22H36O6S2/c1-21-9-7-16-15-8-10-22(24,13-28-2)11-14(15)3-4-17(16)18(21)5-6-19(21)20(23)12-29-30(25,26)27/h14-19,24H,3-13H2,1-2H3,(H,25,26,27)/t14-,15-,16+,17+,18-,19+,21-,22-/m0/s1. The van der Waals surface area contributed by atoms with E-state index in [9.17, 15) is 18.3 Å². The zero-order chi connectivity index (χ0) is 21.7.